The van der Waals surface area contributed by atoms with E-state index in [1.54, 1.807) is 30.3 Å². The minimum absolute atomic E-state index is 0.124. The van der Waals surface area contributed by atoms with Gasteiger partial charge in [0.05, 0.1) is 0 Å². The van der Waals surface area contributed by atoms with Crippen molar-refractivity contribution in [2.45, 2.75) is 20.0 Å². The van der Waals surface area contributed by atoms with Crippen LogP contribution in [0.4, 0.5) is 5.69 Å². The number of hydrogen-bond donors (Lipinski definition) is 0. The molecule has 1 atom stereocenters. The molecule has 1 aliphatic rings. The third-order valence-electron chi connectivity index (χ3n) is 4.57. The Morgan fingerprint density at radius 1 is 1.24 bits per heavy atom. The van der Waals surface area contributed by atoms with E-state index in [1.807, 2.05) is 24.5 Å². The summed E-state index contributed by atoms with van der Waals surface area (Å²) in [6.07, 6.45) is -0.781. The molecule has 155 valence electrons. The number of methoxy groups -OCH3 is 2. The Morgan fingerprint density at radius 2 is 2.00 bits per heavy atom. The van der Waals surface area contributed by atoms with Crippen molar-refractivity contribution in [3.05, 3.63) is 47.5 Å². The van der Waals surface area contributed by atoms with Crippen molar-refractivity contribution in [1.29, 1.82) is 0 Å². The molecule has 1 aliphatic heterocycles. The first-order chi connectivity index (χ1) is 13.9. The second-order valence-corrected chi connectivity index (χ2v) is 8.50. The minimum atomic E-state index is -0.781. The molecule has 6 nitrogen and oxygen atoms in total. The fourth-order valence-corrected chi connectivity index (χ4v) is 4.21. The average Bonchev–Trinajstić information content (AvgIpc) is 2.72. The summed E-state index contributed by atoms with van der Waals surface area (Å²) in [5.41, 5.74) is 1.43. The van der Waals surface area contributed by atoms with Crippen LogP contribution in [0.2, 0.25) is 0 Å². The molecular weight excluding hydrogens is 483 g/mol. The number of amides is 2. The standard InChI is InChI=1S/C21H21NO5.ClH.Ru/c1-12(2)18-21(24)22(16-8-6-7-13(3)19(16)27-18)20(23)15-10-9-14(25-4)11-17(15)26-5;;/h3,6-12,18H,1-2,4-5H3;1H;/q;;+1/p-1. The Balaban J connectivity index is 2.16. The van der Waals surface area contributed by atoms with Gasteiger partial charge in [-0.15, -0.1) is 0 Å². The fourth-order valence-electron chi connectivity index (χ4n) is 3.12. The molecule has 0 radical (unpaired) electrons. The Bertz CT molecular complexity index is 976. The average molecular weight is 504 g/mol. The molecule has 29 heavy (non-hydrogen) atoms. The van der Waals surface area contributed by atoms with Crippen LogP contribution in [-0.4, -0.2) is 36.7 Å². The van der Waals surface area contributed by atoms with E-state index in [-0.39, 0.29) is 11.5 Å². The van der Waals surface area contributed by atoms with Gasteiger partial charge in [-0.05, 0) is 0 Å². The second kappa shape index (κ2) is 9.06. The number of para-hydroxylation sites is 1. The van der Waals surface area contributed by atoms with Crippen LogP contribution in [0, 0.1) is 5.92 Å². The number of carbonyl (C=O) groups is 2. The number of fused-ring (bicyclic) bond motifs is 1. The molecule has 0 saturated carbocycles. The van der Waals surface area contributed by atoms with E-state index in [1.165, 1.54) is 19.1 Å². The van der Waals surface area contributed by atoms with Crippen molar-refractivity contribution in [3.8, 4) is 17.2 Å². The first-order valence-electron chi connectivity index (χ1n) is 8.88. The molecule has 1 unspecified atom stereocenters. The predicted molar refractivity (Wildman–Crippen MR) is 108 cm³/mol. The van der Waals surface area contributed by atoms with Gasteiger partial charge in [0.2, 0.25) is 0 Å². The molecule has 1 heterocycles. The van der Waals surface area contributed by atoms with Crippen molar-refractivity contribution in [2.75, 3.05) is 19.1 Å². The number of anilines is 1. The van der Waals surface area contributed by atoms with Gasteiger partial charge < -0.3 is 0 Å². The van der Waals surface area contributed by atoms with Crippen molar-refractivity contribution in [2.24, 2.45) is 5.92 Å². The van der Waals surface area contributed by atoms with Gasteiger partial charge in [-0.1, -0.05) is 0 Å². The van der Waals surface area contributed by atoms with E-state index < -0.39 is 33.6 Å². The van der Waals surface area contributed by atoms with Crippen molar-refractivity contribution in [1.82, 2.24) is 0 Å². The van der Waals surface area contributed by atoms with Gasteiger partial charge in [0, 0.05) is 0 Å². The second-order valence-electron chi connectivity index (χ2n) is 6.70. The van der Waals surface area contributed by atoms with Crippen LogP contribution in [0.15, 0.2) is 36.4 Å². The maximum absolute atomic E-state index is 13.5. The SMILES string of the molecule is COc1ccc(C(=O)N2C(=O)C(C(C)C)Oc3c([CH]=[Ru][Cl])cccc32)c(OC)c1. The van der Waals surface area contributed by atoms with E-state index in [2.05, 4.69) is 0 Å². The summed E-state index contributed by atoms with van der Waals surface area (Å²) in [7, 11) is 8.97. The van der Waals surface area contributed by atoms with Crippen LogP contribution in [0.1, 0.15) is 29.8 Å². The van der Waals surface area contributed by atoms with Crippen LogP contribution in [-0.2, 0) is 20.5 Å². The molecular formula is C21H21ClNO5Ru. The van der Waals surface area contributed by atoms with E-state index in [0.29, 0.717) is 22.9 Å². The Kier molecular flexibility index (Phi) is 6.71. The summed E-state index contributed by atoms with van der Waals surface area (Å²) < 4.78 is 18.5. The van der Waals surface area contributed by atoms with Crippen LogP contribution >= 0.6 is 9.69 Å². The number of imide groups is 1. The molecule has 0 bridgehead atoms. The van der Waals surface area contributed by atoms with Gasteiger partial charge in [0.15, 0.2) is 0 Å². The van der Waals surface area contributed by atoms with Crippen molar-refractivity contribution >= 4 is 31.8 Å². The van der Waals surface area contributed by atoms with Gasteiger partial charge in [0.1, 0.15) is 0 Å². The van der Waals surface area contributed by atoms with Crippen molar-refractivity contribution in [3.63, 3.8) is 0 Å². The summed E-state index contributed by atoms with van der Waals surface area (Å²) in [6, 6.07) is 10.2. The van der Waals surface area contributed by atoms with E-state index in [0.717, 1.165) is 5.56 Å². The zero-order chi connectivity index (χ0) is 21.1. The van der Waals surface area contributed by atoms with Gasteiger partial charge in [0.25, 0.3) is 0 Å². The topological polar surface area (TPSA) is 65.1 Å². The van der Waals surface area contributed by atoms with Gasteiger partial charge >= 0.3 is 181 Å². The normalized spacial score (nSPS) is 16.3. The monoisotopic (exact) mass is 504 g/mol. The molecule has 0 N–H and O–H groups in total. The number of halogens is 1. The Hall–Kier alpha value is -2.24. The molecule has 2 aromatic carbocycles. The van der Waals surface area contributed by atoms with E-state index >= 15 is 0 Å². The molecule has 0 aliphatic carbocycles. The van der Waals surface area contributed by atoms with Crippen molar-refractivity contribution < 1.29 is 39.5 Å². The van der Waals surface area contributed by atoms with Crippen LogP contribution in [0.25, 0.3) is 0 Å². The molecule has 0 fully saturated rings. The number of benzene rings is 2. The zero-order valence-corrected chi connectivity index (χ0v) is 18.9. The number of nitrogens with zero attached hydrogens (tertiary/aromatic N) is 1. The first-order valence-corrected chi connectivity index (χ1v) is 12.1. The number of carbonyl (C=O) groups excluding carboxylic acids is 2. The molecule has 2 aromatic rings. The van der Waals surface area contributed by atoms with Crippen LogP contribution in [0.3, 0.4) is 0 Å². The molecule has 8 heteroatoms. The van der Waals surface area contributed by atoms with Crippen LogP contribution < -0.4 is 19.1 Å². The third-order valence-corrected chi connectivity index (χ3v) is 5.76. The zero-order valence-electron chi connectivity index (χ0n) is 16.4. The Labute approximate surface area is 180 Å². The summed E-state index contributed by atoms with van der Waals surface area (Å²) >= 11 is -0.501. The van der Waals surface area contributed by atoms with E-state index in [9.17, 15) is 9.59 Å². The van der Waals surface area contributed by atoms with Gasteiger partial charge in [-0.2, -0.15) is 0 Å². The summed E-state index contributed by atoms with van der Waals surface area (Å²) in [6.45, 7) is 3.76. The first kappa shape index (κ1) is 21.5. The Morgan fingerprint density at radius 3 is 2.62 bits per heavy atom. The van der Waals surface area contributed by atoms with Gasteiger partial charge in [-0.3, -0.25) is 0 Å². The maximum atomic E-state index is 13.5. The summed E-state index contributed by atoms with van der Waals surface area (Å²) in [5, 5.41) is 0. The van der Waals surface area contributed by atoms with E-state index in [4.69, 9.17) is 23.9 Å². The fraction of sp³-hybridized carbons (Fsp3) is 0.286. The quantitative estimate of drug-likeness (QED) is 0.460. The molecule has 0 spiro atoms. The summed E-state index contributed by atoms with van der Waals surface area (Å²) in [4.78, 5) is 27.9. The molecule has 0 aromatic heterocycles. The predicted octanol–water partition coefficient (Wildman–Crippen LogP) is 3.68. The number of hydrogen-bond acceptors (Lipinski definition) is 5. The number of rotatable bonds is 5. The van der Waals surface area contributed by atoms with Gasteiger partial charge in [-0.25, -0.2) is 0 Å². The molecule has 2 amide bonds. The summed E-state index contributed by atoms with van der Waals surface area (Å²) in [5.74, 6) is 0.341. The molecule has 0 saturated heterocycles. The third kappa shape index (κ3) is 4.07. The number of ether oxygens (including phenoxy) is 3. The molecule has 3 rings (SSSR count). The van der Waals surface area contributed by atoms with Crippen LogP contribution in [0.5, 0.6) is 17.2 Å².